The lowest BCUT2D eigenvalue weighted by Crippen LogP contribution is -2.26. The fourth-order valence-corrected chi connectivity index (χ4v) is 3.15. The first kappa shape index (κ1) is 22.2. The molecule has 0 unspecified atom stereocenters. The second kappa shape index (κ2) is 8.08. The van der Waals surface area contributed by atoms with Gasteiger partial charge in [0.25, 0.3) is 0 Å². The van der Waals surface area contributed by atoms with Gasteiger partial charge < -0.3 is 9.47 Å². The van der Waals surface area contributed by atoms with E-state index in [0.717, 1.165) is 0 Å². The van der Waals surface area contributed by atoms with E-state index in [1.807, 2.05) is 0 Å². The maximum absolute atomic E-state index is 14.1. The van der Waals surface area contributed by atoms with Crippen molar-refractivity contribution in [2.24, 2.45) is 0 Å². The van der Waals surface area contributed by atoms with Crippen LogP contribution in [0.5, 0.6) is 5.88 Å². The quantitative estimate of drug-likeness (QED) is 0.309. The van der Waals surface area contributed by atoms with Crippen LogP contribution in [0.4, 0.5) is 22.0 Å². The SMILES string of the molecule is COCC(=O)Oc1c(Sc2c(F)c(F)c(F)c(F)c2F)c(C)nn1C(C)(C)C. The van der Waals surface area contributed by atoms with Gasteiger partial charge in [0.1, 0.15) is 6.61 Å². The van der Waals surface area contributed by atoms with Crippen molar-refractivity contribution in [1.29, 1.82) is 0 Å². The van der Waals surface area contributed by atoms with Crippen molar-refractivity contribution in [2.75, 3.05) is 13.7 Å². The molecule has 0 amide bonds. The summed E-state index contributed by atoms with van der Waals surface area (Å²) in [5, 5.41) is 4.18. The van der Waals surface area contributed by atoms with Gasteiger partial charge in [-0.1, -0.05) is 11.8 Å². The number of hydrogen-bond donors (Lipinski definition) is 0. The third-order valence-electron chi connectivity index (χ3n) is 3.45. The van der Waals surface area contributed by atoms with Gasteiger partial charge in [-0.3, -0.25) is 0 Å². The van der Waals surface area contributed by atoms with Crippen molar-refractivity contribution in [3.63, 3.8) is 0 Å². The Labute approximate surface area is 161 Å². The van der Waals surface area contributed by atoms with Crippen molar-refractivity contribution in [3.8, 4) is 5.88 Å². The number of aryl methyl sites for hydroxylation is 1. The summed E-state index contributed by atoms with van der Waals surface area (Å²) in [5.41, 5.74) is -0.549. The minimum Gasteiger partial charge on any atom is -0.405 e. The summed E-state index contributed by atoms with van der Waals surface area (Å²) in [6.07, 6.45) is 0. The summed E-state index contributed by atoms with van der Waals surface area (Å²) >= 11 is 0.230. The number of carbonyl (C=O) groups excluding carboxylic acids is 1. The molecule has 28 heavy (non-hydrogen) atoms. The number of hydrogen-bond acceptors (Lipinski definition) is 5. The second-order valence-electron chi connectivity index (χ2n) is 6.71. The predicted molar refractivity (Wildman–Crippen MR) is 89.8 cm³/mol. The molecule has 0 bridgehead atoms. The van der Waals surface area contributed by atoms with Gasteiger partial charge >= 0.3 is 5.97 Å². The lowest BCUT2D eigenvalue weighted by molar-refractivity contribution is -0.139. The Morgan fingerprint density at radius 2 is 1.50 bits per heavy atom. The minimum absolute atomic E-state index is 0.0670. The van der Waals surface area contributed by atoms with Crippen LogP contribution < -0.4 is 4.74 Å². The number of aromatic nitrogens is 2. The third kappa shape index (κ3) is 4.14. The number of nitrogens with zero attached hydrogens (tertiary/aromatic N) is 2. The predicted octanol–water partition coefficient (Wildman–Crippen LogP) is 4.35. The van der Waals surface area contributed by atoms with Crippen LogP contribution in [0.3, 0.4) is 0 Å². The third-order valence-corrected chi connectivity index (χ3v) is 4.68. The molecule has 2 rings (SSSR count). The molecule has 2 aromatic rings. The van der Waals surface area contributed by atoms with Crippen LogP contribution in [0.25, 0.3) is 0 Å². The summed E-state index contributed by atoms with van der Waals surface area (Å²) in [7, 11) is 1.26. The molecule has 0 saturated carbocycles. The minimum atomic E-state index is -2.26. The Morgan fingerprint density at radius 3 is 1.96 bits per heavy atom. The summed E-state index contributed by atoms with van der Waals surface area (Å²) in [4.78, 5) is 10.7. The Morgan fingerprint density at radius 1 is 1.00 bits per heavy atom. The molecule has 154 valence electrons. The number of benzene rings is 1. The zero-order valence-corrected chi connectivity index (χ0v) is 16.4. The maximum atomic E-state index is 14.1. The summed E-state index contributed by atoms with van der Waals surface area (Å²) in [5.74, 6) is -11.4. The van der Waals surface area contributed by atoms with E-state index in [1.54, 1.807) is 20.8 Å². The molecule has 1 aromatic heterocycles. The second-order valence-corrected chi connectivity index (χ2v) is 7.73. The standard InChI is InChI=1S/C17H17F5N2O3S/c1-7-14(28-15-12(21)10(19)9(18)11(20)13(15)22)16(27-8(25)6-26-5)24(23-7)17(2,3)4/h6H2,1-5H3. The van der Waals surface area contributed by atoms with Crippen LogP contribution in [0.15, 0.2) is 9.79 Å². The van der Waals surface area contributed by atoms with Crippen molar-refractivity contribution in [1.82, 2.24) is 9.78 Å². The van der Waals surface area contributed by atoms with Crippen molar-refractivity contribution in [2.45, 2.75) is 43.0 Å². The summed E-state index contributed by atoms with van der Waals surface area (Å²) < 4.78 is 79.6. The van der Waals surface area contributed by atoms with Gasteiger partial charge in [0.05, 0.1) is 21.0 Å². The number of rotatable bonds is 5. The smallest absolute Gasteiger partial charge is 0.338 e. The molecule has 11 heteroatoms. The highest BCUT2D eigenvalue weighted by molar-refractivity contribution is 7.99. The van der Waals surface area contributed by atoms with E-state index in [4.69, 9.17) is 4.74 Å². The molecule has 5 nitrogen and oxygen atoms in total. The lowest BCUT2D eigenvalue weighted by Gasteiger charge is -2.22. The number of halogens is 5. The van der Waals surface area contributed by atoms with Crippen LogP contribution >= 0.6 is 11.8 Å². The monoisotopic (exact) mass is 424 g/mol. The topological polar surface area (TPSA) is 53.4 Å². The zero-order chi connectivity index (χ0) is 21.4. The first-order valence-electron chi connectivity index (χ1n) is 7.89. The van der Waals surface area contributed by atoms with Crippen molar-refractivity contribution < 1.29 is 36.2 Å². The van der Waals surface area contributed by atoms with Crippen LogP contribution in [-0.4, -0.2) is 29.5 Å². The normalized spacial score (nSPS) is 11.8. The molecule has 0 spiro atoms. The molecule has 0 atom stereocenters. The molecule has 0 saturated heterocycles. The highest BCUT2D eigenvalue weighted by atomic mass is 32.2. The molecule has 0 aliphatic heterocycles. The fourth-order valence-electron chi connectivity index (χ4n) is 2.19. The van der Waals surface area contributed by atoms with E-state index in [2.05, 4.69) is 9.84 Å². The largest absolute Gasteiger partial charge is 0.405 e. The van der Waals surface area contributed by atoms with E-state index in [1.165, 1.54) is 18.7 Å². The molecular formula is C17H17F5N2O3S. The zero-order valence-electron chi connectivity index (χ0n) is 15.6. The van der Waals surface area contributed by atoms with E-state index in [0.29, 0.717) is 0 Å². The molecule has 0 N–H and O–H groups in total. The van der Waals surface area contributed by atoms with Crippen LogP contribution in [0, 0.1) is 36.0 Å². The first-order valence-corrected chi connectivity index (χ1v) is 8.70. The molecule has 1 aromatic carbocycles. The van der Waals surface area contributed by atoms with Crippen molar-refractivity contribution in [3.05, 3.63) is 34.8 Å². The van der Waals surface area contributed by atoms with Gasteiger partial charge in [-0.15, -0.1) is 0 Å². The molecule has 0 radical (unpaired) electrons. The number of methoxy groups -OCH3 is 1. The highest BCUT2D eigenvalue weighted by Crippen LogP contribution is 2.43. The first-order chi connectivity index (χ1) is 12.9. The molecule has 0 fully saturated rings. The number of ether oxygens (including phenoxy) is 2. The van der Waals surface area contributed by atoms with E-state index < -0.39 is 52.1 Å². The van der Waals surface area contributed by atoms with Gasteiger partial charge in [-0.05, 0) is 27.7 Å². The lowest BCUT2D eigenvalue weighted by atomic mass is 10.1. The van der Waals surface area contributed by atoms with Crippen LogP contribution in [0.1, 0.15) is 26.5 Å². The Balaban J connectivity index is 2.64. The highest BCUT2D eigenvalue weighted by Gasteiger charge is 2.31. The average molecular weight is 424 g/mol. The van der Waals surface area contributed by atoms with Gasteiger partial charge in [-0.25, -0.2) is 31.4 Å². The number of carbonyl (C=O) groups is 1. The average Bonchev–Trinajstić information content (AvgIpc) is 2.91. The van der Waals surface area contributed by atoms with Gasteiger partial charge in [0, 0.05) is 7.11 Å². The Hall–Kier alpha value is -2.14. The molecule has 0 aliphatic carbocycles. The van der Waals surface area contributed by atoms with E-state index in [9.17, 15) is 26.7 Å². The van der Waals surface area contributed by atoms with E-state index in [-0.39, 0.29) is 28.2 Å². The van der Waals surface area contributed by atoms with Gasteiger partial charge in [0.15, 0.2) is 23.3 Å². The molecule has 0 aliphatic rings. The van der Waals surface area contributed by atoms with Crippen molar-refractivity contribution >= 4 is 17.7 Å². The van der Waals surface area contributed by atoms with Crippen LogP contribution in [-0.2, 0) is 15.1 Å². The Kier molecular flexibility index (Phi) is 6.39. The van der Waals surface area contributed by atoms with Crippen LogP contribution in [0.2, 0.25) is 0 Å². The van der Waals surface area contributed by atoms with E-state index >= 15 is 0 Å². The summed E-state index contributed by atoms with van der Waals surface area (Å²) in [6.45, 7) is 6.20. The fraction of sp³-hybridized carbons (Fsp3) is 0.412. The van der Waals surface area contributed by atoms with Gasteiger partial charge in [0.2, 0.25) is 11.7 Å². The number of esters is 1. The summed E-state index contributed by atoms with van der Waals surface area (Å²) in [6, 6.07) is 0. The Bertz CT molecular complexity index is 896. The molecular weight excluding hydrogens is 407 g/mol. The van der Waals surface area contributed by atoms with Gasteiger partial charge in [-0.2, -0.15) is 5.10 Å². The molecule has 1 heterocycles. The maximum Gasteiger partial charge on any atom is 0.338 e.